The number of hydrogen-bond donors (Lipinski definition) is 1. The van der Waals surface area contributed by atoms with Gasteiger partial charge in [0.2, 0.25) is 0 Å². The highest BCUT2D eigenvalue weighted by Crippen LogP contribution is 2.29. The van der Waals surface area contributed by atoms with Gasteiger partial charge in [-0.1, -0.05) is 11.6 Å². The van der Waals surface area contributed by atoms with Crippen molar-refractivity contribution in [2.24, 2.45) is 0 Å². The number of rotatable bonds is 7. The standard InChI is InChI=1S/C18H14ClN3O5S/c1-26-13-5-2-11(3-6-13)15-10-28-18(20-15)21-17(23)9-27-16-7-4-12(22(24)25)8-14(16)19/h2-8,10H,9H2,1H3,(H,20,21,23). The first-order chi connectivity index (χ1) is 13.5. The van der Waals surface area contributed by atoms with Crippen LogP contribution in [0.3, 0.4) is 0 Å². The van der Waals surface area contributed by atoms with Gasteiger partial charge >= 0.3 is 0 Å². The Bertz CT molecular complexity index is 1010. The second-order valence-electron chi connectivity index (χ2n) is 5.48. The third-order valence-electron chi connectivity index (χ3n) is 3.62. The van der Waals surface area contributed by atoms with Crippen LogP contribution in [-0.2, 0) is 4.79 Å². The van der Waals surface area contributed by atoms with Crippen molar-refractivity contribution in [3.63, 3.8) is 0 Å². The second kappa shape index (κ2) is 8.68. The van der Waals surface area contributed by atoms with E-state index in [2.05, 4.69) is 10.3 Å². The van der Waals surface area contributed by atoms with Crippen LogP contribution in [0.2, 0.25) is 5.02 Å². The average molecular weight is 420 g/mol. The molecule has 0 aliphatic heterocycles. The van der Waals surface area contributed by atoms with E-state index in [1.165, 1.54) is 23.5 Å². The summed E-state index contributed by atoms with van der Waals surface area (Å²) in [7, 11) is 1.59. The number of methoxy groups -OCH3 is 1. The first-order valence-electron chi connectivity index (χ1n) is 7.93. The van der Waals surface area contributed by atoms with Crippen molar-refractivity contribution in [1.82, 2.24) is 4.98 Å². The van der Waals surface area contributed by atoms with Crippen LogP contribution in [0.15, 0.2) is 47.8 Å². The van der Waals surface area contributed by atoms with Crippen molar-refractivity contribution in [2.75, 3.05) is 19.0 Å². The Morgan fingerprint density at radius 3 is 2.68 bits per heavy atom. The van der Waals surface area contributed by atoms with Gasteiger partial charge in [0.15, 0.2) is 11.7 Å². The quantitative estimate of drug-likeness (QED) is 0.449. The van der Waals surface area contributed by atoms with Crippen LogP contribution < -0.4 is 14.8 Å². The number of nitro benzene ring substituents is 1. The van der Waals surface area contributed by atoms with E-state index in [9.17, 15) is 14.9 Å². The number of halogens is 1. The number of nitrogens with zero attached hydrogens (tertiary/aromatic N) is 2. The van der Waals surface area contributed by atoms with Crippen molar-refractivity contribution in [3.05, 3.63) is 63.0 Å². The average Bonchev–Trinajstić information content (AvgIpc) is 3.15. The van der Waals surface area contributed by atoms with Gasteiger partial charge in [-0.2, -0.15) is 0 Å². The van der Waals surface area contributed by atoms with Crippen LogP contribution in [0.25, 0.3) is 11.3 Å². The lowest BCUT2D eigenvalue weighted by molar-refractivity contribution is -0.384. The number of amides is 1. The Balaban J connectivity index is 1.58. The SMILES string of the molecule is COc1ccc(-c2csc(NC(=O)COc3ccc([N+](=O)[O-])cc3Cl)n2)cc1. The van der Waals surface area contributed by atoms with Crippen molar-refractivity contribution < 1.29 is 19.2 Å². The highest BCUT2D eigenvalue weighted by molar-refractivity contribution is 7.14. The van der Waals surface area contributed by atoms with E-state index in [1.54, 1.807) is 7.11 Å². The van der Waals surface area contributed by atoms with Crippen LogP contribution in [0.5, 0.6) is 11.5 Å². The van der Waals surface area contributed by atoms with Crippen LogP contribution in [-0.4, -0.2) is 29.5 Å². The molecular weight excluding hydrogens is 406 g/mol. The molecule has 0 saturated carbocycles. The van der Waals surface area contributed by atoms with Crippen LogP contribution >= 0.6 is 22.9 Å². The first kappa shape index (κ1) is 19.6. The molecule has 3 aromatic rings. The summed E-state index contributed by atoms with van der Waals surface area (Å²) >= 11 is 7.21. The van der Waals surface area contributed by atoms with Crippen molar-refractivity contribution in [1.29, 1.82) is 0 Å². The van der Waals surface area contributed by atoms with E-state index in [0.717, 1.165) is 23.1 Å². The highest BCUT2D eigenvalue weighted by Gasteiger charge is 2.13. The summed E-state index contributed by atoms with van der Waals surface area (Å²) in [5.74, 6) is 0.500. The van der Waals surface area contributed by atoms with Crippen molar-refractivity contribution in [3.8, 4) is 22.8 Å². The number of non-ortho nitro benzene ring substituents is 1. The maximum atomic E-state index is 12.1. The number of anilines is 1. The predicted molar refractivity (Wildman–Crippen MR) is 106 cm³/mol. The zero-order valence-electron chi connectivity index (χ0n) is 14.5. The summed E-state index contributed by atoms with van der Waals surface area (Å²) < 4.78 is 10.4. The lowest BCUT2D eigenvalue weighted by Crippen LogP contribution is -2.20. The Morgan fingerprint density at radius 1 is 1.29 bits per heavy atom. The Hall–Kier alpha value is -3.17. The van der Waals surface area contributed by atoms with Gasteiger partial charge in [-0.3, -0.25) is 20.2 Å². The zero-order chi connectivity index (χ0) is 20.1. The highest BCUT2D eigenvalue weighted by atomic mass is 35.5. The van der Waals surface area contributed by atoms with Gasteiger partial charge in [0.1, 0.15) is 11.5 Å². The molecule has 0 spiro atoms. The molecule has 0 fully saturated rings. The molecule has 8 nitrogen and oxygen atoms in total. The minimum atomic E-state index is -0.564. The number of hydrogen-bond acceptors (Lipinski definition) is 7. The summed E-state index contributed by atoms with van der Waals surface area (Å²) in [5, 5.41) is 15.6. The van der Waals surface area contributed by atoms with Crippen LogP contribution in [0.4, 0.5) is 10.8 Å². The van der Waals surface area contributed by atoms with E-state index in [-0.39, 0.29) is 23.1 Å². The molecule has 0 saturated heterocycles. The first-order valence-corrected chi connectivity index (χ1v) is 9.18. The lowest BCUT2D eigenvalue weighted by atomic mass is 10.2. The molecule has 144 valence electrons. The van der Waals surface area contributed by atoms with Gasteiger partial charge in [0.05, 0.1) is 22.7 Å². The number of aromatic nitrogens is 1. The molecule has 2 aromatic carbocycles. The molecule has 3 rings (SSSR count). The third kappa shape index (κ3) is 4.76. The summed E-state index contributed by atoms with van der Waals surface area (Å²) in [6.07, 6.45) is 0. The topological polar surface area (TPSA) is 104 Å². The summed E-state index contributed by atoms with van der Waals surface area (Å²) in [4.78, 5) is 26.6. The molecule has 1 N–H and O–H groups in total. The van der Waals surface area contributed by atoms with E-state index >= 15 is 0 Å². The third-order valence-corrected chi connectivity index (χ3v) is 4.67. The Labute approximate surface area is 168 Å². The number of carbonyl (C=O) groups excluding carboxylic acids is 1. The number of ether oxygens (including phenoxy) is 2. The predicted octanol–water partition coefficient (Wildman–Crippen LogP) is 4.40. The largest absolute Gasteiger partial charge is 0.497 e. The zero-order valence-corrected chi connectivity index (χ0v) is 16.1. The fourth-order valence-corrected chi connectivity index (χ4v) is 3.21. The molecule has 28 heavy (non-hydrogen) atoms. The van der Waals surface area contributed by atoms with E-state index in [4.69, 9.17) is 21.1 Å². The summed E-state index contributed by atoms with van der Waals surface area (Å²) in [6, 6.07) is 11.2. The lowest BCUT2D eigenvalue weighted by Gasteiger charge is -2.07. The molecule has 1 heterocycles. The fourth-order valence-electron chi connectivity index (χ4n) is 2.24. The minimum absolute atomic E-state index is 0.0537. The van der Waals surface area contributed by atoms with Gasteiger partial charge in [-0.05, 0) is 30.3 Å². The Kier molecular flexibility index (Phi) is 6.07. The van der Waals surface area contributed by atoms with E-state index < -0.39 is 10.8 Å². The minimum Gasteiger partial charge on any atom is -0.497 e. The molecule has 0 atom stereocenters. The van der Waals surface area contributed by atoms with Gasteiger partial charge in [-0.15, -0.1) is 11.3 Å². The van der Waals surface area contributed by atoms with Crippen LogP contribution in [0.1, 0.15) is 0 Å². The fraction of sp³-hybridized carbons (Fsp3) is 0.111. The summed E-state index contributed by atoms with van der Waals surface area (Å²) in [6.45, 7) is -0.311. The molecule has 0 aliphatic rings. The molecule has 1 aromatic heterocycles. The smallest absolute Gasteiger partial charge is 0.271 e. The number of carbonyl (C=O) groups is 1. The van der Waals surface area contributed by atoms with E-state index in [1.807, 2.05) is 29.6 Å². The van der Waals surface area contributed by atoms with Crippen LogP contribution in [0, 0.1) is 10.1 Å². The summed E-state index contributed by atoms with van der Waals surface area (Å²) in [5.41, 5.74) is 1.46. The molecule has 1 amide bonds. The van der Waals surface area contributed by atoms with Gasteiger partial charge in [0.25, 0.3) is 11.6 Å². The monoisotopic (exact) mass is 419 g/mol. The molecular formula is C18H14ClN3O5S. The molecule has 10 heteroatoms. The van der Waals surface area contributed by atoms with Gasteiger partial charge in [0, 0.05) is 23.1 Å². The number of thiazole rings is 1. The molecule has 0 bridgehead atoms. The number of nitro groups is 1. The Morgan fingerprint density at radius 2 is 2.04 bits per heavy atom. The normalized spacial score (nSPS) is 10.4. The maximum absolute atomic E-state index is 12.1. The number of nitrogens with one attached hydrogen (secondary N) is 1. The maximum Gasteiger partial charge on any atom is 0.271 e. The van der Waals surface area contributed by atoms with Crippen molar-refractivity contribution >= 4 is 39.7 Å². The van der Waals surface area contributed by atoms with Gasteiger partial charge in [-0.25, -0.2) is 4.98 Å². The van der Waals surface area contributed by atoms with Crippen molar-refractivity contribution in [2.45, 2.75) is 0 Å². The number of benzene rings is 2. The molecule has 0 aliphatic carbocycles. The molecule has 0 radical (unpaired) electrons. The second-order valence-corrected chi connectivity index (χ2v) is 6.74. The molecule has 0 unspecified atom stereocenters. The van der Waals surface area contributed by atoms with Gasteiger partial charge < -0.3 is 9.47 Å². The van der Waals surface area contributed by atoms with E-state index in [0.29, 0.717) is 5.13 Å².